The van der Waals surface area contributed by atoms with Gasteiger partial charge < -0.3 is 20.3 Å². The molecule has 1 aliphatic heterocycles. The fraction of sp³-hybridized carbons (Fsp3) is 0.571. The van der Waals surface area contributed by atoms with Crippen LogP contribution in [0.1, 0.15) is 12.8 Å². The van der Waals surface area contributed by atoms with Crippen LogP contribution < -0.4 is 10.6 Å². The third-order valence-electron chi connectivity index (χ3n) is 3.31. The number of nitrogens with one attached hydrogen (secondary N) is 2. The van der Waals surface area contributed by atoms with Gasteiger partial charge in [0.05, 0.1) is 5.69 Å². The topological polar surface area (TPSA) is 66.5 Å². The zero-order chi connectivity index (χ0) is 14.2. The maximum absolute atomic E-state index is 11.9. The van der Waals surface area contributed by atoms with Crippen molar-refractivity contribution in [1.82, 2.24) is 15.2 Å². The number of methoxy groups -OCH3 is 1. The molecule has 1 aromatic rings. The second-order valence-corrected chi connectivity index (χ2v) is 4.90. The van der Waals surface area contributed by atoms with Crippen LogP contribution in [0.25, 0.3) is 0 Å². The Hall–Kier alpha value is -1.82. The molecule has 2 amide bonds. The Balaban J connectivity index is 1.70. The standard InChI is InChI=1S/C14H22N4O2/c1-20-9-3-7-16-14(19)18-8-5-13(11-18)17-12-4-2-6-15-10-12/h2,4,6,10,13,17H,3,5,7-9,11H2,1H3,(H,16,19)/t13-/m0/s1. The second kappa shape index (κ2) is 7.69. The molecule has 1 saturated heterocycles. The van der Waals surface area contributed by atoms with E-state index < -0.39 is 0 Å². The molecule has 0 unspecified atom stereocenters. The van der Waals surface area contributed by atoms with Crippen molar-refractivity contribution < 1.29 is 9.53 Å². The molecule has 1 fully saturated rings. The molecule has 0 radical (unpaired) electrons. The highest BCUT2D eigenvalue weighted by atomic mass is 16.5. The molecule has 2 N–H and O–H groups in total. The lowest BCUT2D eigenvalue weighted by atomic mass is 10.2. The van der Waals surface area contributed by atoms with E-state index in [1.54, 1.807) is 19.5 Å². The van der Waals surface area contributed by atoms with E-state index in [4.69, 9.17) is 4.74 Å². The summed E-state index contributed by atoms with van der Waals surface area (Å²) >= 11 is 0. The number of amides is 2. The van der Waals surface area contributed by atoms with Gasteiger partial charge in [-0.3, -0.25) is 4.98 Å². The number of pyridine rings is 1. The zero-order valence-corrected chi connectivity index (χ0v) is 11.8. The van der Waals surface area contributed by atoms with Crippen molar-refractivity contribution in [2.75, 3.05) is 38.7 Å². The summed E-state index contributed by atoms with van der Waals surface area (Å²) < 4.78 is 4.95. The average molecular weight is 278 g/mol. The second-order valence-electron chi connectivity index (χ2n) is 4.90. The summed E-state index contributed by atoms with van der Waals surface area (Å²) in [5.74, 6) is 0. The maximum atomic E-state index is 11.9. The summed E-state index contributed by atoms with van der Waals surface area (Å²) in [6, 6.07) is 4.19. The lowest BCUT2D eigenvalue weighted by Gasteiger charge is -2.18. The molecule has 0 spiro atoms. The monoisotopic (exact) mass is 278 g/mol. The molecule has 2 heterocycles. The smallest absolute Gasteiger partial charge is 0.317 e. The van der Waals surface area contributed by atoms with E-state index in [0.717, 1.165) is 31.6 Å². The predicted molar refractivity (Wildman–Crippen MR) is 77.7 cm³/mol. The van der Waals surface area contributed by atoms with E-state index >= 15 is 0 Å². The number of carbonyl (C=O) groups excluding carboxylic acids is 1. The molecule has 0 saturated carbocycles. The lowest BCUT2D eigenvalue weighted by Crippen LogP contribution is -2.40. The third kappa shape index (κ3) is 4.38. The van der Waals surface area contributed by atoms with E-state index in [1.165, 1.54) is 0 Å². The van der Waals surface area contributed by atoms with Gasteiger partial charge in [0, 0.05) is 51.8 Å². The van der Waals surface area contributed by atoms with Crippen LogP contribution in [0, 0.1) is 0 Å². The van der Waals surface area contributed by atoms with Gasteiger partial charge in [0.2, 0.25) is 0 Å². The predicted octanol–water partition coefficient (Wildman–Crippen LogP) is 1.31. The van der Waals surface area contributed by atoms with Gasteiger partial charge in [0.15, 0.2) is 0 Å². The SMILES string of the molecule is COCCCNC(=O)N1CC[C@H](Nc2cccnc2)C1. The fourth-order valence-corrected chi connectivity index (χ4v) is 2.27. The Bertz CT molecular complexity index is 413. The zero-order valence-electron chi connectivity index (χ0n) is 11.8. The number of carbonyl (C=O) groups is 1. The van der Waals surface area contributed by atoms with Gasteiger partial charge in [-0.05, 0) is 25.0 Å². The summed E-state index contributed by atoms with van der Waals surface area (Å²) in [4.78, 5) is 17.9. The number of anilines is 1. The number of hydrogen-bond donors (Lipinski definition) is 2. The number of rotatable bonds is 6. The van der Waals surface area contributed by atoms with Crippen molar-refractivity contribution in [1.29, 1.82) is 0 Å². The Morgan fingerprint density at radius 3 is 3.25 bits per heavy atom. The van der Waals surface area contributed by atoms with Crippen LogP contribution in [0.3, 0.4) is 0 Å². The van der Waals surface area contributed by atoms with Crippen LogP contribution >= 0.6 is 0 Å². The summed E-state index contributed by atoms with van der Waals surface area (Å²) in [7, 11) is 1.66. The average Bonchev–Trinajstić information content (AvgIpc) is 2.93. The minimum absolute atomic E-state index is 0.0107. The Morgan fingerprint density at radius 1 is 1.60 bits per heavy atom. The number of nitrogens with zero attached hydrogens (tertiary/aromatic N) is 2. The molecule has 20 heavy (non-hydrogen) atoms. The number of urea groups is 1. The van der Waals surface area contributed by atoms with E-state index in [-0.39, 0.29) is 6.03 Å². The lowest BCUT2D eigenvalue weighted by molar-refractivity contribution is 0.188. The molecule has 6 nitrogen and oxygen atoms in total. The van der Waals surface area contributed by atoms with Crippen LogP contribution in [-0.4, -0.2) is 55.3 Å². The minimum atomic E-state index is 0.0107. The molecule has 110 valence electrons. The highest BCUT2D eigenvalue weighted by molar-refractivity contribution is 5.74. The quantitative estimate of drug-likeness (QED) is 0.770. The van der Waals surface area contributed by atoms with Crippen LogP contribution in [0.4, 0.5) is 10.5 Å². The van der Waals surface area contributed by atoms with Crippen molar-refractivity contribution in [2.45, 2.75) is 18.9 Å². The Labute approximate surface area is 119 Å². The van der Waals surface area contributed by atoms with E-state index in [0.29, 0.717) is 19.2 Å². The summed E-state index contributed by atoms with van der Waals surface area (Å²) in [6.45, 7) is 2.84. The van der Waals surface area contributed by atoms with Gasteiger partial charge in [-0.1, -0.05) is 0 Å². The Kier molecular flexibility index (Phi) is 5.61. The summed E-state index contributed by atoms with van der Waals surface area (Å²) in [5, 5.41) is 6.31. The normalized spacial score (nSPS) is 18.1. The molecule has 0 bridgehead atoms. The van der Waals surface area contributed by atoms with E-state index in [9.17, 15) is 4.79 Å². The molecule has 0 aliphatic carbocycles. The molecule has 2 rings (SSSR count). The summed E-state index contributed by atoms with van der Waals surface area (Å²) in [6.07, 6.45) is 5.35. The van der Waals surface area contributed by atoms with Gasteiger partial charge in [0.25, 0.3) is 0 Å². The first-order valence-corrected chi connectivity index (χ1v) is 6.98. The molecule has 1 atom stereocenters. The molecule has 6 heteroatoms. The van der Waals surface area contributed by atoms with Crippen molar-refractivity contribution in [3.8, 4) is 0 Å². The van der Waals surface area contributed by atoms with Crippen molar-refractivity contribution >= 4 is 11.7 Å². The molecule has 0 aromatic carbocycles. The molecule has 1 aliphatic rings. The van der Waals surface area contributed by atoms with Crippen LogP contribution in [-0.2, 0) is 4.74 Å². The number of likely N-dealkylation sites (tertiary alicyclic amines) is 1. The van der Waals surface area contributed by atoms with Gasteiger partial charge in [-0.25, -0.2) is 4.79 Å². The minimum Gasteiger partial charge on any atom is -0.385 e. The maximum Gasteiger partial charge on any atom is 0.317 e. The van der Waals surface area contributed by atoms with Gasteiger partial charge in [0.1, 0.15) is 0 Å². The van der Waals surface area contributed by atoms with Gasteiger partial charge in [-0.2, -0.15) is 0 Å². The first-order chi connectivity index (χ1) is 9.79. The van der Waals surface area contributed by atoms with Crippen molar-refractivity contribution in [3.63, 3.8) is 0 Å². The first-order valence-electron chi connectivity index (χ1n) is 6.98. The van der Waals surface area contributed by atoms with Gasteiger partial charge in [-0.15, -0.1) is 0 Å². The third-order valence-corrected chi connectivity index (χ3v) is 3.31. The van der Waals surface area contributed by atoms with E-state index in [1.807, 2.05) is 17.0 Å². The van der Waals surface area contributed by atoms with Crippen molar-refractivity contribution in [3.05, 3.63) is 24.5 Å². The summed E-state index contributed by atoms with van der Waals surface area (Å²) in [5.41, 5.74) is 1.000. The van der Waals surface area contributed by atoms with Crippen molar-refractivity contribution in [2.24, 2.45) is 0 Å². The molecule has 1 aromatic heterocycles. The molecular formula is C14H22N4O2. The highest BCUT2D eigenvalue weighted by Crippen LogP contribution is 2.14. The van der Waals surface area contributed by atoms with Gasteiger partial charge >= 0.3 is 6.03 Å². The van der Waals surface area contributed by atoms with Crippen LogP contribution in [0.15, 0.2) is 24.5 Å². The van der Waals surface area contributed by atoms with Crippen LogP contribution in [0.5, 0.6) is 0 Å². The number of ether oxygens (including phenoxy) is 1. The fourth-order valence-electron chi connectivity index (χ4n) is 2.27. The number of hydrogen-bond acceptors (Lipinski definition) is 4. The molecular weight excluding hydrogens is 256 g/mol. The largest absolute Gasteiger partial charge is 0.385 e. The highest BCUT2D eigenvalue weighted by Gasteiger charge is 2.25. The first kappa shape index (κ1) is 14.6. The van der Waals surface area contributed by atoms with E-state index in [2.05, 4.69) is 15.6 Å². The Morgan fingerprint density at radius 2 is 2.50 bits per heavy atom. The number of aromatic nitrogens is 1. The van der Waals surface area contributed by atoms with Crippen LogP contribution in [0.2, 0.25) is 0 Å².